The molecule has 1 atom stereocenters. The Labute approximate surface area is 143 Å². The lowest BCUT2D eigenvalue weighted by atomic mass is 10.1. The number of nitrogens with zero attached hydrogens (tertiary/aromatic N) is 5. The third-order valence-corrected chi connectivity index (χ3v) is 4.59. The van der Waals surface area contributed by atoms with Gasteiger partial charge in [-0.15, -0.1) is 0 Å². The number of nitrogens with one attached hydrogen (secondary N) is 1. The number of pyridine rings is 2. The van der Waals surface area contributed by atoms with Crippen LogP contribution in [0.1, 0.15) is 23.7 Å². The van der Waals surface area contributed by atoms with E-state index in [4.69, 9.17) is 0 Å². The zero-order valence-electron chi connectivity index (χ0n) is 13.5. The lowest BCUT2D eigenvalue weighted by Gasteiger charge is -2.21. The Morgan fingerprint density at radius 1 is 1.48 bits per heavy atom. The summed E-state index contributed by atoms with van der Waals surface area (Å²) in [7, 11) is 0. The van der Waals surface area contributed by atoms with Gasteiger partial charge in [0.25, 0.3) is 5.56 Å². The van der Waals surface area contributed by atoms with Gasteiger partial charge in [-0.2, -0.15) is 10.4 Å². The van der Waals surface area contributed by atoms with E-state index in [1.54, 1.807) is 18.5 Å². The van der Waals surface area contributed by atoms with Crippen molar-refractivity contribution in [3.8, 4) is 6.07 Å². The predicted molar refractivity (Wildman–Crippen MR) is 95.3 cm³/mol. The van der Waals surface area contributed by atoms with Gasteiger partial charge in [-0.05, 0) is 24.6 Å². The topological polar surface area (TPSA) is 90.6 Å². The molecule has 0 aliphatic carbocycles. The van der Waals surface area contributed by atoms with Crippen LogP contribution in [0.4, 0.5) is 5.69 Å². The lowest BCUT2D eigenvalue weighted by Crippen LogP contribution is -2.25. The zero-order valence-corrected chi connectivity index (χ0v) is 13.5. The molecule has 7 heteroatoms. The molecule has 4 rings (SSSR count). The highest BCUT2D eigenvalue weighted by molar-refractivity contribution is 5.95. The number of nitriles is 1. The summed E-state index contributed by atoms with van der Waals surface area (Å²) in [6.07, 6.45) is 7.86. The molecule has 3 aromatic heterocycles. The molecule has 0 spiro atoms. The van der Waals surface area contributed by atoms with Crippen molar-refractivity contribution in [2.75, 3.05) is 18.0 Å². The molecule has 4 heterocycles. The van der Waals surface area contributed by atoms with Crippen LogP contribution in [-0.4, -0.2) is 32.8 Å². The number of aromatic nitrogens is 4. The predicted octanol–water partition coefficient (Wildman–Crippen LogP) is 2.09. The fourth-order valence-corrected chi connectivity index (χ4v) is 3.40. The van der Waals surface area contributed by atoms with Crippen LogP contribution in [0.25, 0.3) is 17.0 Å². The maximum Gasteiger partial charge on any atom is 0.268 e. The van der Waals surface area contributed by atoms with Crippen molar-refractivity contribution in [3.63, 3.8) is 0 Å². The Morgan fingerprint density at radius 3 is 3.08 bits per heavy atom. The Bertz CT molecular complexity index is 1040. The molecule has 1 N–H and O–H groups in total. The lowest BCUT2D eigenvalue weighted by molar-refractivity contribution is 0.495. The minimum absolute atomic E-state index is 0.134. The molecule has 1 aliphatic heterocycles. The van der Waals surface area contributed by atoms with Gasteiger partial charge in [0.05, 0.1) is 29.1 Å². The van der Waals surface area contributed by atoms with Crippen molar-refractivity contribution < 1.29 is 0 Å². The molecule has 7 nitrogen and oxygen atoms in total. The monoisotopic (exact) mass is 332 g/mol. The molecule has 0 saturated carbocycles. The molecular formula is C18H16N6O. The molecule has 0 unspecified atom stereocenters. The van der Waals surface area contributed by atoms with Crippen LogP contribution in [0.2, 0.25) is 0 Å². The number of anilines is 1. The first-order valence-electron chi connectivity index (χ1n) is 8.04. The summed E-state index contributed by atoms with van der Waals surface area (Å²) in [6, 6.07) is 6.04. The third-order valence-electron chi connectivity index (χ3n) is 4.59. The normalized spacial score (nSPS) is 16.9. The maximum atomic E-state index is 12.3. The van der Waals surface area contributed by atoms with E-state index in [0.29, 0.717) is 23.4 Å². The van der Waals surface area contributed by atoms with Crippen molar-refractivity contribution in [2.24, 2.45) is 0 Å². The Balaban J connectivity index is 1.86. The number of H-pyrrole nitrogens is 1. The minimum atomic E-state index is -0.388. The molecule has 0 amide bonds. The number of hydrogen-bond acceptors (Lipinski definition) is 5. The molecule has 1 aliphatic rings. The van der Waals surface area contributed by atoms with Gasteiger partial charge in [0, 0.05) is 30.9 Å². The van der Waals surface area contributed by atoms with E-state index in [-0.39, 0.29) is 17.2 Å². The summed E-state index contributed by atoms with van der Waals surface area (Å²) in [4.78, 5) is 21.4. The van der Waals surface area contributed by atoms with E-state index in [1.165, 1.54) is 0 Å². The molecule has 1 saturated heterocycles. The van der Waals surface area contributed by atoms with E-state index >= 15 is 0 Å². The van der Waals surface area contributed by atoms with Crippen molar-refractivity contribution in [1.29, 1.82) is 5.26 Å². The van der Waals surface area contributed by atoms with Gasteiger partial charge in [-0.25, -0.2) is 0 Å². The fraction of sp³-hybridized carbons (Fsp3) is 0.222. The molecule has 3 aromatic rings. The molecule has 1 fully saturated rings. The van der Waals surface area contributed by atoms with Gasteiger partial charge in [-0.1, -0.05) is 6.58 Å². The van der Waals surface area contributed by atoms with Crippen molar-refractivity contribution in [3.05, 3.63) is 58.9 Å². The molecular weight excluding hydrogens is 316 g/mol. The van der Waals surface area contributed by atoms with E-state index in [1.807, 2.05) is 23.0 Å². The van der Waals surface area contributed by atoms with Gasteiger partial charge in [0.15, 0.2) is 0 Å². The van der Waals surface area contributed by atoms with Crippen molar-refractivity contribution >= 4 is 22.7 Å². The summed E-state index contributed by atoms with van der Waals surface area (Å²) in [6.45, 7) is 5.19. The average Bonchev–Trinajstić information content (AvgIpc) is 3.31. The summed E-state index contributed by atoms with van der Waals surface area (Å²) in [5.41, 5.74) is 1.73. The standard InChI is InChI=1S/C18H16N6O/c1-2-12-8-14-16(10-20-12)22-18(25)15(9-19)17(14)23-7-4-13(11-23)24-6-3-5-21-24/h2-3,5-6,8,10,13H,1,4,7,11H2,(H,22,25)/t13-/m1/s1. The second kappa shape index (κ2) is 5.91. The first-order chi connectivity index (χ1) is 12.2. The quantitative estimate of drug-likeness (QED) is 0.793. The van der Waals surface area contributed by atoms with Crippen LogP contribution >= 0.6 is 0 Å². The number of aromatic amines is 1. The second-order valence-electron chi connectivity index (χ2n) is 6.02. The Hall–Kier alpha value is -3.40. The molecule has 0 radical (unpaired) electrons. The van der Waals surface area contributed by atoms with E-state index in [2.05, 4.69) is 32.6 Å². The van der Waals surface area contributed by atoms with Crippen LogP contribution in [0.15, 0.2) is 42.1 Å². The Kier molecular flexibility index (Phi) is 3.58. The summed E-state index contributed by atoms with van der Waals surface area (Å²) in [5, 5.41) is 14.7. The largest absolute Gasteiger partial charge is 0.368 e. The van der Waals surface area contributed by atoms with Gasteiger partial charge in [-0.3, -0.25) is 14.5 Å². The van der Waals surface area contributed by atoms with Gasteiger partial charge >= 0.3 is 0 Å². The zero-order chi connectivity index (χ0) is 17.4. The van der Waals surface area contributed by atoms with Gasteiger partial charge in [0.2, 0.25) is 0 Å². The summed E-state index contributed by atoms with van der Waals surface area (Å²) < 4.78 is 1.93. The first kappa shape index (κ1) is 15.1. The van der Waals surface area contributed by atoms with Crippen molar-refractivity contribution in [1.82, 2.24) is 19.7 Å². The fourth-order valence-electron chi connectivity index (χ4n) is 3.40. The summed E-state index contributed by atoms with van der Waals surface area (Å²) >= 11 is 0. The SMILES string of the molecule is C=Cc1cc2c(N3CC[C@@H](n4cccn4)C3)c(C#N)c(=O)[nH]c2cn1. The smallest absolute Gasteiger partial charge is 0.268 e. The molecule has 124 valence electrons. The minimum Gasteiger partial charge on any atom is -0.368 e. The third kappa shape index (κ3) is 2.48. The van der Waals surface area contributed by atoms with Crippen LogP contribution in [0.5, 0.6) is 0 Å². The van der Waals surface area contributed by atoms with Gasteiger partial charge in [0.1, 0.15) is 11.6 Å². The van der Waals surface area contributed by atoms with Crippen LogP contribution < -0.4 is 10.5 Å². The number of hydrogen-bond donors (Lipinski definition) is 1. The summed E-state index contributed by atoms with van der Waals surface area (Å²) in [5.74, 6) is 0. The average molecular weight is 332 g/mol. The highest BCUT2D eigenvalue weighted by Gasteiger charge is 2.28. The molecule has 25 heavy (non-hydrogen) atoms. The van der Waals surface area contributed by atoms with Crippen LogP contribution in [0, 0.1) is 11.3 Å². The van der Waals surface area contributed by atoms with Crippen molar-refractivity contribution in [2.45, 2.75) is 12.5 Å². The Morgan fingerprint density at radius 2 is 2.36 bits per heavy atom. The van der Waals surface area contributed by atoms with Gasteiger partial charge < -0.3 is 9.88 Å². The number of rotatable bonds is 3. The van der Waals surface area contributed by atoms with Crippen LogP contribution in [0.3, 0.4) is 0 Å². The molecule has 0 aromatic carbocycles. The number of fused-ring (bicyclic) bond motifs is 1. The molecule has 0 bridgehead atoms. The highest BCUT2D eigenvalue weighted by atomic mass is 16.1. The van der Waals surface area contributed by atoms with E-state index < -0.39 is 0 Å². The van der Waals surface area contributed by atoms with E-state index in [9.17, 15) is 10.1 Å². The first-order valence-corrected chi connectivity index (χ1v) is 8.04. The van der Waals surface area contributed by atoms with E-state index in [0.717, 1.165) is 18.4 Å². The highest BCUT2D eigenvalue weighted by Crippen LogP contribution is 2.33. The second-order valence-corrected chi connectivity index (χ2v) is 6.02. The van der Waals surface area contributed by atoms with Crippen LogP contribution in [-0.2, 0) is 0 Å². The maximum absolute atomic E-state index is 12.3.